The molecular formula is C19H12F3NO3S2. The molecule has 28 heavy (non-hydrogen) atoms. The summed E-state index contributed by atoms with van der Waals surface area (Å²) in [6.45, 7) is 1.30. The zero-order valence-electron chi connectivity index (χ0n) is 14.3. The number of carboxylic acids is 1. The van der Waals surface area contributed by atoms with Gasteiger partial charge in [-0.25, -0.2) is 4.79 Å². The number of thioether (sulfide) groups is 1. The van der Waals surface area contributed by atoms with Crippen LogP contribution in [-0.4, -0.2) is 21.3 Å². The van der Waals surface area contributed by atoms with Crippen molar-refractivity contribution < 1.29 is 27.9 Å². The highest BCUT2D eigenvalue weighted by Gasteiger charge is 2.38. The van der Waals surface area contributed by atoms with Crippen LogP contribution in [0.15, 0.2) is 47.4 Å². The molecule has 0 saturated carbocycles. The number of thiocarbonyl (C=S) groups is 1. The Labute approximate surface area is 167 Å². The number of alkyl halides is 3. The third kappa shape index (κ3) is 3.81. The maximum atomic E-state index is 13.2. The first kappa shape index (κ1) is 20.1. The number of hydrogen-bond acceptors (Lipinski definition) is 4. The van der Waals surface area contributed by atoms with E-state index in [2.05, 4.69) is 0 Å². The summed E-state index contributed by atoms with van der Waals surface area (Å²) < 4.78 is 39.6. The van der Waals surface area contributed by atoms with Crippen molar-refractivity contribution in [3.8, 4) is 0 Å². The third-order valence-electron chi connectivity index (χ3n) is 4.10. The minimum absolute atomic E-state index is 0.0849. The van der Waals surface area contributed by atoms with E-state index < -0.39 is 23.6 Å². The van der Waals surface area contributed by atoms with Gasteiger partial charge >= 0.3 is 12.1 Å². The predicted octanol–water partition coefficient (Wildman–Crippen LogP) is 5.12. The minimum Gasteiger partial charge on any atom is -0.478 e. The van der Waals surface area contributed by atoms with Crippen LogP contribution in [0.25, 0.3) is 6.08 Å². The van der Waals surface area contributed by atoms with E-state index in [1.54, 1.807) is 0 Å². The third-order valence-corrected chi connectivity index (χ3v) is 5.40. The number of halogens is 3. The normalized spacial score (nSPS) is 16.1. The number of hydrogen-bond donors (Lipinski definition) is 1. The van der Waals surface area contributed by atoms with Gasteiger partial charge in [-0.1, -0.05) is 42.2 Å². The molecule has 4 nitrogen and oxygen atoms in total. The largest absolute Gasteiger partial charge is 0.478 e. The summed E-state index contributed by atoms with van der Waals surface area (Å²) in [6.07, 6.45) is -3.02. The van der Waals surface area contributed by atoms with E-state index >= 15 is 0 Å². The Morgan fingerprint density at radius 3 is 2.39 bits per heavy atom. The van der Waals surface area contributed by atoms with Gasteiger partial charge in [0.1, 0.15) is 0 Å². The molecule has 0 bridgehead atoms. The quantitative estimate of drug-likeness (QED) is 0.549. The van der Waals surface area contributed by atoms with Crippen molar-refractivity contribution in [1.82, 2.24) is 0 Å². The first-order chi connectivity index (χ1) is 13.1. The van der Waals surface area contributed by atoms with Crippen LogP contribution >= 0.6 is 24.0 Å². The van der Waals surface area contributed by atoms with Gasteiger partial charge in [0.05, 0.1) is 21.7 Å². The second-order valence-electron chi connectivity index (χ2n) is 5.89. The molecule has 1 fully saturated rings. The first-order valence-electron chi connectivity index (χ1n) is 7.87. The molecule has 0 aromatic heterocycles. The molecule has 0 aliphatic carbocycles. The molecule has 144 valence electrons. The average Bonchev–Trinajstić information content (AvgIpc) is 2.88. The fraction of sp³-hybridized carbons (Fsp3) is 0.105. The van der Waals surface area contributed by atoms with Crippen LogP contribution in [0.2, 0.25) is 0 Å². The molecular weight excluding hydrogens is 411 g/mol. The number of amides is 1. The van der Waals surface area contributed by atoms with Gasteiger partial charge in [0.25, 0.3) is 5.91 Å². The molecule has 0 atom stereocenters. The molecule has 2 aromatic rings. The van der Waals surface area contributed by atoms with Crippen molar-refractivity contribution in [3.63, 3.8) is 0 Å². The minimum atomic E-state index is -4.54. The molecule has 0 radical (unpaired) electrons. The fourth-order valence-corrected chi connectivity index (χ4v) is 4.01. The van der Waals surface area contributed by atoms with Crippen molar-refractivity contribution in [2.75, 3.05) is 4.90 Å². The maximum absolute atomic E-state index is 13.2. The van der Waals surface area contributed by atoms with Gasteiger partial charge < -0.3 is 5.11 Å². The van der Waals surface area contributed by atoms with Crippen LogP contribution in [0.4, 0.5) is 18.9 Å². The van der Waals surface area contributed by atoms with E-state index in [0.717, 1.165) is 22.7 Å². The van der Waals surface area contributed by atoms with Gasteiger partial charge in [-0.3, -0.25) is 9.69 Å². The van der Waals surface area contributed by atoms with Crippen molar-refractivity contribution in [1.29, 1.82) is 0 Å². The van der Waals surface area contributed by atoms with Crippen molar-refractivity contribution >= 4 is 51.9 Å². The Morgan fingerprint density at radius 1 is 1.18 bits per heavy atom. The number of carboxylic acid groups (broad SMARTS) is 1. The summed E-state index contributed by atoms with van der Waals surface area (Å²) in [5.41, 5.74) is -0.150. The summed E-state index contributed by atoms with van der Waals surface area (Å²) in [4.78, 5) is 25.0. The molecule has 2 aromatic carbocycles. The van der Waals surface area contributed by atoms with Crippen molar-refractivity contribution in [2.45, 2.75) is 13.1 Å². The smallest absolute Gasteiger partial charge is 0.416 e. The van der Waals surface area contributed by atoms with Gasteiger partial charge in [0.2, 0.25) is 0 Å². The molecule has 3 rings (SSSR count). The zero-order chi connectivity index (χ0) is 20.6. The summed E-state index contributed by atoms with van der Waals surface area (Å²) >= 11 is 6.19. The Bertz CT molecular complexity index is 1010. The molecule has 1 amide bonds. The van der Waals surface area contributed by atoms with Crippen LogP contribution in [0.3, 0.4) is 0 Å². The SMILES string of the molecule is Cc1c(N2C(=O)/C(=C\c3ccc(C(=O)O)cc3)SC2=S)cccc1C(F)(F)F. The van der Waals surface area contributed by atoms with Gasteiger partial charge in [-0.05, 0) is 48.4 Å². The topological polar surface area (TPSA) is 57.6 Å². The van der Waals surface area contributed by atoms with E-state index in [1.807, 2.05) is 0 Å². The Kier molecular flexibility index (Phi) is 5.31. The molecule has 1 aliphatic heterocycles. The number of carbonyl (C=O) groups is 2. The second kappa shape index (κ2) is 7.40. The molecule has 9 heteroatoms. The van der Waals surface area contributed by atoms with E-state index in [4.69, 9.17) is 17.3 Å². The van der Waals surface area contributed by atoms with Crippen LogP contribution in [0.1, 0.15) is 27.0 Å². The van der Waals surface area contributed by atoms with E-state index in [-0.39, 0.29) is 26.0 Å². The lowest BCUT2D eigenvalue weighted by molar-refractivity contribution is -0.138. The molecule has 1 N–H and O–H groups in total. The van der Waals surface area contributed by atoms with E-state index in [1.165, 1.54) is 49.4 Å². The summed E-state index contributed by atoms with van der Waals surface area (Å²) in [7, 11) is 0. The Morgan fingerprint density at radius 2 is 1.82 bits per heavy atom. The van der Waals surface area contributed by atoms with Crippen molar-refractivity contribution in [2.24, 2.45) is 0 Å². The monoisotopic (exact) mass is 423 g/mol. The van der Waals surface area contributed by atoms with Gasteiger partial charge in [0.15, 0.2) is 4.32 Å². The first-order valence-corrected chi connectivity index (χ1v) is 9.10. The highest BCUT2D eigenvalue weighted by Crippen LogP contribution is 2.41. The van der Waals surface area contributed by atoms with Crippen LogP contribution < -0.4 is 4.90 Å². The van der Waals surface area contributed by atoms with Gasteiger partial charge in [-0.2, -0.15) is 13.2 Å². The molecule has 1 saturated heterocycles. The van der Waals surface area contributed by atoms with Crippen LogP contribution in [0, 0.1) is 6.92 Å². The summed E-state index contributed by atoms with van der Waals surface area (Å²) in [5.74, 6) is -1.60. The lowest BCUT2D eigenvalue weighted by atomic mass is 10.1. The molecule has 0 spiro atoms. The Hall–Kier alpha value is -2.65. The number of carbonyl (C=O) groups excluding carboxylic acids is 1. The number of nitrogens with zero attached hydrogens (tertiary/aromatic N) is 1. The number of anilines is 1. The average molecular weight is 423 g/mol. The standard InChI is InChI=1S/C19H12F3NO3S2/c1-10-13(19(20,21)22)3-2-4-14(10)23-16(24)15(28-18(23)27)9-11-5-7-12(8-6-11)17(25)26/h2-9H,1H3,(H,25,26)/b15-9+. The Balaban J connectivity index is 1.96. The molecule has 0 unspecified atom stereocenters. The van der Waals surface area contributed by atoms with Crippen LogP contribution in [0.5, 0.6) is 0 Å². The van der Waals surface area contributed by atoms with Crippen molar-refractivity contribution in [3.05, 3.63) is 69.6 Å². The zero-order valence-corrected chi connectivity index (χ0v) is 15.9. The summed E-state index contributed by atoms with van der Waals surface area (Å²) in [6, 6.07) is 9.46. The highest BCUT2D eigenvalue weighted by molar-refractivity contribution is 8.27. The fourth-order valence-electron chi connectivity index (χ4n) is 2.72. The van der Waals surface area contributed by atoms with Gasteiger partial charge in [-0.15, -0.1) is 0 Å². The number of benzene rings is 2. The second-order valence-corrected chi connectivity index (χ2v) is 7.57. The lowest BCUT2D eigenvalue weighted by Gasteiger charge is -2.20. The molecule has 1 heterocycles. The molecule has 1 aliphatic rings. The van der Waals surface area contributed by atoms with E-state index in [0.29, 0.717) is 5.56 Å². The predicted molar refractivity (Wildman–Crippen MR) is 105 cm³/mol. The number of aromatic carboxylic acids is 1. The highest BCUT2D eigenvalue weighted by atomic mass is 32.2. The maximum Gasteiger partial charge on any atom is 0.416 e. The summed E-state index contributed by atoms with van der Waals surface area (Å²) in [5, 5.41) is 8.93. The van der Waals surface area contributed by atoms with Gasteiger partial charge in [0, 0.05) is 0 Å². The lowest BCUT2D eigenvalue weighted by Crippen LogP contribution is -2.29. The van der Waals surface area contributed by atoms with E-state index in [9.17, 15) is 22.8 Å². The van der Waals surface area contributed by atoms with Crippen LogP contribution in [-0.2, 0) is 11.0 Å². The number of rotatable bonds is 3.